The van der Waals surface area contributed by atoms with Gasteiger partial charge in [0.2, 0.25) is 10.0 Å². The van der Waals surface area contributed by atoms with Crippen LogP contribution in [0.5, 0.6) is 0 Å². The lowest BCUT2D eigenvalue weighted by molar-refractivity contribution is 0.280. The first-order chi connectivity index (χ1) is 9.55. The molecule has 114 valence electrons. The van der Waals surface area contributed by atoms with Gasteiger partial charge in [-0.05, 0) is 54.5 Å². The molecule has 0 fully saturated rings. The summed E-state index contributed by atoms with van der Waals surface area (Å²) in [5.41, 5.74) is 1.66. The maximum atomic E-state index is 12.1. The zero-order valence-corrected chi connectivity index (χ0v) is 13.7. The van der Waals surface area contributed by atoms with Gasteiger partial charge >= 0.3 is 0 Å². The Labute approximate surface area is 126 Å². The van der Waals surface area contributed by atoms with Gasteiger partial charge in [0.05, 0.1) is 11.5 Å². The third-order valence-corrected chi connectivity index (χ3v) is 5.26. The molecule has 0 unspecified atom stereocenters. The van der Waals surface area contributed by atoms with Gasteiger partial charge in [-0.15, -0.1) is 0 Å². The normalized spacial score (nSPS) is 11.8. The molecule has 6 heteroatoms. The molecule has 1 aromatic carbocycles. The zero-order valence-electron chi connectivity index (χ0n) is 12.1. The van der Waals surface area contributed by atoms with Crippen LogP contribution in [0.4, 0.5) is 0 Å². The molecule has 0 spiro atoms. The molecule has 0 bridgehead atoms. The average Bonchev–Trinajstić information content (AvgIpc) is 2.46. The lowest BCUT2D eigenvalue weighted by Crippen LogP contribution is -2.25. The van der Waals surface area contributed by atoms with Crippen molar-refractivity contribution < 1.29 is 13.5 Å². The Morgan fingerprint density at radius 3 is 2.60 bits per heavy atom. The number of rotatable bonds is 9. The van der Waals surface area contributed by atoms with E-state index in [1.54, 1.807) is 30.0 Å². The monoisotopic (exact) mass is 317 g/mol. The van der Waals surface area contributed by atoms with Crippen molar-refractivity contribution in [2.75, 3.05) is 18.6 Å². The molecule has 1 aromatic rings. The van der Waals surface area contributed by atoms with Gasteiger partial charge in [0.15, 0.2) is 0 Å². The summed E-state index contributed by atoms with van der Waals surface area (Å²) in [5.74, 6) is 1.04. The second-order valence-electron chi connectivity index (χ2n) is 4.54. The number of sulfonamides is 1. The first-order valence-electron chi connectivity index (χ1n) is 6.76. The van der Waals surface area contributed by atoms with Gasteiger partial charge in [-0.1, -0.05) is 13.0 Å². The maximum Gasteiger partial charge on any atom is 0.240 e. The number of aliphatic hydroxyl groups excluding tert-OH is 1. The quantitative estimate of drug-likeness (QED) is 0.685. The molecular formula is C14H23NO3S2. The molecule has 0 saturated heterocycles. The van der Waals surface area contributed by atoms with Gasteiger partial charge in [-0.3, -0.25) is 0 Å². The summed E-state index contributed by atoms with van der Waals surface area (Å²) in [4.78, 5) is 0.226. The van der Waals surface area contributed by atoms with Gasteiger partial charge in [-0.25, -0.2) is 13.1 Å². The van der Waals surface area contributed by atoms with E-state index in [9.17, 15) is 13.5 Å². The number of hydrogen-bond acceptors (Lipinski definition) is 4. The highest BCUT2D eigenvalue weighted by molar-refractivity contribution is 7.98. The van der Waals surface area contributed by atoms with Crippen molar-refractivity contribution in [3.8, 4) is 0 Å². The summed E-state index contributed by atoms with van der Waals surface area (Å²) >= 11 is 1.76. The Bertz CT molecular complexity index is 515. The van der Waals surface area contributed by atoms with Crippen molar-refractivity contribution in [2.24, 2.45) is 0 Å². The molecule has 0 atom stereocenters. The number of aryl methyl sites for hydroxylation is 1. The highest BCUT2D eigenvalue weighted by Crippen LogP contribution is 2.17. The Kier molecular flexibility index (Phi) is 7.58. The van der Waals surface area contributed by atoms with Gasteiger partial charge in [0.25, 0.3) is 0 Å². The predicted octanol–water partition coefficient (Wildman–Crippen LogP) is 2.16. The van der Waals surface area contributed by atoms with E-state index in [-0.39, 0.29) is 11.5 Å². The highest BCUT2D eigenvalue weighted by Gasteiger charge is 2.14. The van der Waals surface area contributed by atoms with Crippen molar-refractivity contribution in [1.29, 1.82) is 0 Å². The van der Waals surface area contributed by atoms with Crippen LogP contribution in [0.2, 0.25) is 0 Å². The minimum atomic E-state index is -3.47. The second kappa shape index (κ2) is 8.67. The molecule has 4 nitrogen and oxygen atoms in total. The first-order valence-corrected chi connectivity index (χ1v) is 9.64. The molecular weight excluding hydrogens is 294 g/mol. The minimum absolute atomic E-state index is 0.139. The predicted molar refractivity (Wildman–Crippen MR) is 84.5 cm³/mol. The molecule has 0 radical (unpaired) electrons. The Hall–Kier alpha value is -0.560. The van der Waals surface area contributed by atoms with E-state index in [0.717, 1.165) is 30.6 Å². The summed E-state index contributed by atoms with van der Waals surface area (Å²) in [7, 11) is -3.47. The minimum Gasteiger partial charge on any atom is -0.392 e. The topological polar surface area (TPSA) is 66.4 Å². The van der Waals surface area contributed by atoms with E-state index < -0.39 is 10.0 Å². The van der Waals surface area contributed by atoms with Crippen molar-refractivity contribution in [1.82, 2.24) is 4.72 Å². The SMILES string of the molecule is CCc1ccc(S(=O)(=O)NCCCCSC)cc1CO. The smallest absolute Gasteiger partial charge is 0.240 e. The van der Waals surface area contributed by atoms with Crippen LogP contribution in [-0.4, -0.2) is 32.1 Å². The molecule has 0 aliphatic heterocycles. The lowest BCUT2D eigenvalue weighted by atomic mass is 10.1. The third-order valence-electron chi connectivity index (χ3n) is 3.11. The van der Waals surface area contributed by atoms with Crippen LogP contribution >= 0.6 is 11.8 Å². The summed E-state index contributed by atoms with van der Waals surface area (Å²) in [6.45, 7) is 2.29. The van der Waals surface area contributed by atoms with Crippen LogP contribution < -0.4 is 4.72 Å². The van der Waals surface area contributed by atoms with E-state index in [2.05, 4.69) is 4.72 Å². The van der Waals surface area contributed by atoms with Crippen LogP contribution in [-0.2, 0) is 23.1 Å². The Balaban J connectivity index is 2.72. The van der Waals surface area contributed by atoms with Gasteiger partial charge < -0.3 is 5.11 Å². The third kappa shape index (κ3) is 5.09. The molecule has 0 aliphatic rings. The fourth-order valence-corrected chi connectivity index (χ4v) is 3.54. The van der Waals surface area contributed by atoms with Crippen LogP contribution in [0, 0.1) is 0 Å². The van der Waals surface area contributed by atoms with Gasteiger partial charge in [0.1, 0.15) is 0 Å². The molecule has 20 heavy (non-hydrogen) atoms. The maximum absolute atomic E-state index is 12.1. The van der Waals surface area contributed by atoms with E-state index in [4.69, 9.17) is 0 Å². The molecule has 0 amide bonds. The largest absolute Gasteiger partial charge is 0.392 e. The summed E-state index contributed by atoms with van der Waals surface area (Å²) in [6.07, 6.45) is 4.65. The highest BCUT2D eigenvalue weighted by atomic mass is 32.2. The number of hydrogen-bond donors (Lipinski definition) is 2. The number of unbranched alkanes of at least 4 members (excludes halogenated alkanes) is 1. The van der Waals surface area contributed by atoms with E-state index in [1.807, 2.05) is 13.2 Å². The lowest BCUT2D eigenvalue weighted by Gasteiger charge is -2.10. The van der Waals surface area contributed by atoms with Gasteiger partial charge in [-0.2, -0.15) is 11.8 Å². The Morgan fingerprint density at radius 2 is 2.00 bits per heavy atom. The van der Waals surface area contributed by atoms with Crippen molar-refractivity contribution in [3.63, 3.8) is 0 Å². The second-order valence-corrected chi connectivity index (χ2v) is 7.29. The standard InChI is InChI=1S/C14H23NO3S2/c1-3-12-6-7-14(10-13(12)11-16)20(17,18)15-8-4-5-9-19-2/h6-7,10,15-16H,3-5,8-9,11H2,1-2H3. The first kappa shape index (κ1) is 17.5. The number of aliphatic hydroxyl groups is 1. The van der Waals surface area contributed by atoms with Crippen LogP contribution in [0.1, 0.15) is 30.9 Å². The van der Waals surface area contributed by atoms with Crippen molar-refractivity contribution in [2.45, 2.75) is 37.7 Å². The van der Waals surface area contributed by atoms with E-state index in [0.29, 0.717) is 12.1 Å². The molecule has 0 aromatic heterocycles. The molecule has 0 aliphatic carbocycles. The van der Waals surface area contributed by atoms with Crippen LogP contribution in [0.25, 0.3) is 0 Å². The van der Waals surface area contributed by atoms with Crippen LogP contribution in [0.15, 0.2) is 23.1 Å². The van der Waals surface area contributed by atoms with Crippen LogP contribution in [0.3, 0.4) is 0 Å². The number of nitrogens with one attached hydrogen (secondary N) is 1. The van der Waals surface area contributed by atoms with Crippen molar-refractivity contribution >= 4 is 21.8 Å². The van der Waals surface area contributed by atoms with E-state index >= 15 is 0 Å². The fourth-order valence-electron chi connectivity index (χ4n) is 1.92. The number of thioether (sulfide) groups is 1. The zero-order chi connectivity index (χ0) is 15.0. The van der Waals surface area contributed by atoms with Crippen molar-refractivity contribution in [3.05, 3.63) is 29.3 Å². The fraction of sp³-hybridized carbons (Fsp3) is 0.571. The molecule has 0 heterocycles. The van der Waals surface area contributed by atoms with Gasteiger partial charge in [0, 0.05) is 6.54 Å². The summed E-state index contributed by atoms with van der Waals surface area (Å²) in [5, 5.41) is 9.30. The average molecular weight is 317 g/mol. The molecule has 2 N–H and O–H groups in total. The van der Waals surface area contributed by atoms with E-state index in [1.165, 1.54) is 0 Å². The Morgan fingerprint density at radius 1 is 1.25 bits per heavy atom. The molecule has 0 saturated carbocycles. The summed E-state index contributed by atoms with van der Waals surface area (Å²) in [6, 6.07) is 4.93. The number of benzene rings is 1. The summed E-state index contributed by atoms with van der Waals surface area (Å²) < 4.78 is 26.9. The molecule has 1 rings (SSSR count).